The lowest BCUT2D eigenvalue weighted by Gasteiger charge is -2.19. The van der Waals surface area contributed by atoms with E-state index in [9.17, 15) is 5.11 Å². The number of para-hydroxylation sites is 1. The van der Waals surface area contributed by atoms with Crippen molar-refractivity contribution < 1.29 is 5.11 Å². The van der Waals surface area contributed by atoms with E-state index in [2.05, 4.69) is 30.0 Å². The number of aromatic hydroxyl groups is 1. The van der Waals surface area contributed by atoms with Crippen LogP contribution in [0.25, 0.3) is 10.9 Å². The second kappa shape index (κ2) is 8.13. The Hall–Kier alpha value is -3.23. The third-order valence-electron chi connectivity index (χ3n) is 5.99. The Morgan fingerprint density at radius 1 is 0.839 bits per heavy atom. The number of fused-ring (bicyclic) bond motifs is 1. The molecule has 5 rings (SSSR count). The van der Waals surface area contributed by atoms with E-state index in [1.54, 1.807) is 0 Å². The first-order valence-electron chi connectivity index (χ1n) is 11.1. The zero-order valence-corrected chi connectivity index (χ0v) is 18.1. The van der Waals surface area contributed by atoms with Gasteiger partial charge in [-0.05, 0) is 45.6 Å². The van der Waals surface area contributed by atoms with Gasteiger partial charge in [-0.15, -0.1) is 10.2 Å². The summed E-state index contributed by atoms with van der Waals surface area (Å²) < 4.78 is 1.86. The van der Waals surface area contributed by atoms with E-state index in [-0.39, 0.29) is 17.9 Å². The van der Waals surface area contributed by atoms with Gasteiger partial charge >= 0.3 is 0 Å². The summed E-state index contributed by atoms with van der Waals surface area (Å²) in [7, 11) is 0. The first-order chi connectivity index (χ1) is 15.1. The zero-order chi connectivity index (χ0) is 21.4. The summed E-state index contributed by atoms with van der Waals surface area (Å²) in [6, 6.07) is 7.91. The van der Waals surface area contributed by atoms with E-state index in [4.69, 9.17) is 4.98 Å². The van der Waals surface area contributed by atoms with Gasteiger partial charge in [-0.2, -0.15) is 15.0 Å². The molecule has 0 unspecified atom stereocenters. The fourth-order valence-corrected chi connectivity index (χ4v) is 4.45. The van der Waals surface area contributed by atoms with Crippen LogP contribution in [0.4, 0.5) is 23.5 Å². The summed E-state index contributed by atoms with van der Waals surface area (Å²) in [5, 5.41) is 20.5. The maximum atomic E-state index is 10.9. The van der Waals surface area contributed by atoms with Crippen LogP contribution in [0.1, 0.15) is 45.6 Å². The van der Waals surface area contributed by atoms with E-state index in [1.807, 2.05) is 42.7 Å². The Labute approximate surface area is 181 Å². The van der Waals surface area contributed by atoms with E-state index in [0.717, 1.165) is 62.8 Å². The average molecular weight is 421 g/mol. The third-order valence-corrected chi connectivity index (χ3v) is 5.99. The number of azo groups is 1. The molecule has 2 aliphatic rings. The van der Waals surface area contributed by atoms with Gasteiger partial charge in [0.2, 0.25) is 17.8 Å². The Balaban J connectivity index is 1.56. The van der Waals surface area contributed by atoms with Gasteiger partial charge in [-0.3, -0.25) is 0 Å². The SMILES string of the molecule is CC(C)n1c(O)c(N=Nc2nc(N3CCCC3)nc(N3CCCC3)n2)c2ccccc21. The smallest absolute Gasteiger partial charge is 0.275 e. The summed E-state index contributed by atoms with van der Waals surface area (Å²) >= 11 is 0. The Kier molecular flexibility index (Phi) is 5.17. The number of hydrogen-bond acceptors (Lipinski definition) is 8. The quantitative estimate of drug-likeness (QED) is 0.600. The van der Waals surface area contributed by atoms with Crippen LogP contribution < -0.4 is 9.80 Å². The van der Waals surface area contributed by atoms with Crippen molar-refractivity contribution in [2.45, 2.75) is 45.6 Å². The monoisotopic (exact) mass is 420 g/mol. The normalized spacial score (nSPS) is 17.1. The standard InChI is InChI=1S/C22H28N8O/c1-15(2)30-17-10-4-3-9-16(17)18(19(30)31)26-27-20-23-21(28-11-5-6-12-28)25-22(24-20)29-13-7-8-14-29/h3-4,9-10,15,31H,5-8,11-14H2,1-2H3. The minimum atomic E-state index is 0.0922. The molecule has 1 N–H and O–H groups in total. The molecule has 2 fully saturated rings. The highest BCUT2D eigenvalue weighted by Crippen LogP contribution is 2.41. The van der Waals surface area contributed by atoms with Crippen molar-refractivity contribution >= 4 is 34.4 Å². The van der Waals surface area contributed by atoms with Crippen molar-refractivity contribution in [3.05, 3.63) is 24.3 Å². The molecule has 0 bridgehead atoms. The number of benzene rings is 1. The minimum Gasteiger partial charge on any atom is -0.493 e. The lowest BCUT2D eigenvalue weighted by atomic mass is 10.2. The Bertz CT molecular complexity index is 1080. The van der Waals surface area contributed by atoms with Crippen molar-refractivity contribution in [1.29, 1.82) is 0 Å². The van der Waals surface area contributed by atoms with Crippen molar-refractivity contribution in [3.8, 4) is 5.88 Å². The molecule has 2 saturated heterocycles. The molecular formula is C22H28N8O. The van der Waals surface area contributed by atoms with Crippen molar-refractivity contribution in [2.75, 3.05) is 36.0 Å². The molecule has 4 heterocycles. The van der Waals surface area contributed by atoms with Gasteiger partial charge in [-0.25, -0.2) is 0 Å². The predicted molar refractivity (Wildman–Crippen MR) is 121 cm³/mol. The molecule has 2 aromatic heterocycles. The summed E-state index contributed by atoms with van der Waals surface area (Å²) in [5.74, 6) is 1.71. The molecule has 0 saturated carbocycles. The molecule has 1 aromatic carbocycles. The van der Waals surface area contributed by atoms with Gasteiger partial charge < -0.3 is 19.5 Å². The van der Waals surface area contributed by atoms with Gasteiger partial charge in [0.05, 0.1) is 5.52 Å². The van der Waals surface area contributed by atoms with Crippen LogP contribution in [0.5, 0.6) is 5.88 Å². The lowest BCUT2D eigenvalue weighted by Crippen LogP contribution is -2.25. The fraction of sp³-hybridized carbons (Fsp3) is 0.500. The summed E-state index contributed by atoms with van der Waals surface area (Å²) in [4.78, 5) is 18.3. The van der Waals surface area contributed by atoms with Crippen LogP contribution in [0.3, 0.4) is 0 Å². The highest BCUT2D eigenvalue weighted by Gasteiger charge is 2.22. The fourth-order valence-electron chi connectivity index (χ4n) is 4.45. The Morgan fingerprint density at radius 2 is 1.42 bits per heavy atom. The number of rotatable bonds is 5. The van der Waals surface area contributed by atoms with Gasteiger partial charge in [0, 0.05) is 37.6 Å². The highest BCUT2D eigenvalue weighted by atomic mass is 16.3. The molecule has 0 spiro atoms. The second-order valence-electron chi connectivity index (χ2n) is 8.48. The molecule has 2 aliphatic heterocycles. The molecule has 9 nitrogen and oxygen atoms in total. The molecule has 162 valence electrons. The molecule has 0 atom stereocenters. The maximum Gasteiger partial charge on any atom is 0.275 e. The molecule has 0 aliphatic carbocycles. The average Bonchev–Trinajstić information content (AvgIpc) is 3.52. The van der Waals surface area contributed by atoms with Crippen LogP contribution in [0, 0.1) is 0 Å². The highest BCUT2D eigenvalue weighted by molar-refractivity contribution is 5.95. The molecule has 31 heavy (non-hydrogen) atoms. The first-order valence-corrected chi connectivity index (χ1v) is 11.1. The minimum absolute atomic E-state index is 0.0922. The summed E-state index contributed by atoms with van der Waals surface area (Å²) in [6.45, 7) is 7.85. The number of nitrogens with zero attached hydrogens (tertiary/aromatic N) is 8. The third kappa shape index (κ3) is 3.68. The van der Waals surface area contributed by atoms with E-state index < -0.39 is 0 Å². The van der Waals surface area contributed by atoms with Crippen LogP contribution in [0.2, 0.25) is 0 Å². The van der Waals surface area contributed by atoms with Gasteiger partial charge in [0.15, 0.2) is 5.69 Å². The van der Waals surface area contributed by atoms with E-state index in [1.165, 1.54) is 0 Å². The molecular weight excluding hydrogens is 392 g/mol. The maximum absolute atomic E-state index is 10.9. The first kappa shape index (κ1) is 19.7. The van der Waals surface area contributed by atoms with Crippen molar-refractivity contribution in [1.82, 2.24) is 19.5 Å². The van der Waals surface area contributed by atoms with Gasteiger partial charge in [-0.1, -0.05) is 18.2 Å². The number of hydrogen-bond donors (Lipinski definition) is 1. The van der Waals surface area contributed by atoms with E-state index >= 15 is 0 Å². The van der Waals surface area contributed by atoms with Crippen LogP contribution in [-0.2, 0) is 0 Å². The molecule has 0 radical (unpaired) electrons. The summed E-state index contributed by atoms with van der Waals surface area (Å²) in [5.41, 5.74) is 1.37. The summed E-state index contributed by atoms with van der Waals surface area (Å²) in [6.07, 6.45) is 4.57. The van der Waals surface area contributed by atoms with E-state index in [0.29, 0.717) is 17.6 Å². The van der Waals surface area contributed by atoms with Crippen LogP contribution in [-0.4, -0.2) is 50.8 Å². The van der Waals surface area contributed by atoms with Crippen molar-refractivity contribution in [3.63, 3.8) is 0 Å². The van der Waals surface area contributed by atoms with Gasteiger partial charge in [0.25, 0.3) is 5.95 Å². The van der Waals surface area contributed by atoms with Crippen LogP contribution in [0.15, 0.2) is 34.5 Å². The number of anilines is 2. The predicted octanol–water partition coefficient (Wildman–Crippen LogP) is 4.73. The molecule has 0 amide bonds. The zero-order valence-electron chi connectivity index (χ0n) is 18.1. The Morgan fingerprint density at radius 3 is 2.00 bits per heavy atom. The lowest BCUT2D eigenvalue weighted by molar-refractivity contribution is 0.407. The molecule has 9 heteroatoms. The van der Waals surface area contributed by atoms with Gasteiger partial charge in [0.1, 0.15) is 0 Å². The number of aromatic nitrogens is 4. The second-order valence-corrected chi connectivity index (χ2v) is 8.48. The largest absolute Gasteiger partial charge is 0.493 e. The van der Waals surface area contributed by atoms with Crippen LogP contribution >= 0.6 is 0 Å². The topological polar surface area (TPSA) is 95.0 Å². The van der Waals surface area contributed by atoms with Crippen molar-refractivity contribution in [2.24, 2.45) is 10.2 Å². The molecule has 3 aromatic rings.